The minimum Gasteiger partial charge on any atom is -0.481 e. The molecule has 28 heavy (non-hydrogen) atoms. The summed E-state index contributed by atoms with van der Waals surface area (Å²) in [6.45, 7) is 2.97. The molecule has 8 heteroatoms. The van der Waals surface area contributed by atoms with Crippen LogP contribution in [0.3, 0.4) is 0 Å². The zero-order valence-corrected chi connectivity index (χ0v) is 16.2. The van der Waals surface area contributed by atoms with E-state index >= 15 is 0 Å². The predicted molar refractivity (Wildman–Crippen MR) is 100 cm³/mol. The number of aromatic nitrogens is 3. The van der Waals surface area contributed by atoms with Crippen LogP contribution in [0.5, 0.6) is 5.88 Å². The van der Waals surface area contributed by atoms with E-state index in [0.717, 1.165) is 51.3 Å². The molecule has 0 radical (unpaired) electrons. The first-order chi connectivity index (χ1) is 13.7. The Kier molecular flexibility index (Phi) is 5.85. The second-order valence-corrected chi connectivity index (χ2v) is 7.49. The molecular formula is C20H26N4O4. The Hall–Kier alpha value is -2.48. The molecule has 2 saturated heterocycles. The SMILES string of the molecule is COc1ccc(C(=O)N2CCCC(Cc3nc(C4CCOCC4)no3)C2)cn1. The summed E-state index contributed by atoms with van der Waals surface area (Å²) in [6, 6.07) is 3.47. The zero-order chi connectivity index (χ0) is 19.3. The molecule has 0 bridgehead atoms. The minimum atomic E-state index is 0.00766. The molecule has 8 nitrogen and oxygen atoms in total. The van der Waals surface area contributed by atoms with Gasteiger partial charge in [0, 0.05) is 50.9 Å². The van der Waals surface area contributed by atoms with Gasteiger partial charge in [0.15, 0.2) is 5.82 Å². The Balaban J connectivity index is 1.35. The number of rotatable bonds is 5. The Morgan fingerprint density at radius 1 is 1.29 bits per heavy atom. The lowest BCUT2D eigenvalue weighted by Crippen LogP contribution is -2.40. The monoisotopic (exact) mass is 386 g/mol. The van der Waals surface area contributed by atoms with Crippen LogP contribution < -0.4 is 4.74 Å². The van der Waals surface area contributed by atoms with Crippen LogP contribution in [-0.4, -0.2) is 59.3 Å². The van der Waals surface area contributed by atoms with Crippen molar-refractivity contribution in [3.63, 3.8) is 0 Å². The molecule has 4 rings (SSSR count). The van der Waals surface area contributed by atoms with Crippen LogP contribution in [0.15, 0.2) is 22.9 Å². The van der Waals surface area contributed by atoms with Gasteiger partial charge < -0.3 is 18.9 Å². The summed E-state index contributed by atoms with van der Waals surface area (Å²) in [6.07, 6.45) is 6.20. The van der Waals surface area contributed by atoms with Gasteiger partial charge in [-0.1, -0.05) is 5.16 Å². The number of carbonyl (C=O) groups is 1. The molecule has 0 spiro atoms. The maximum atomic E-state index is 12.8. The van der Waals surface area contributed by atoms with Crippen LogP contribution >= 0.6 is 0 Å². The van der Waals surface area contributed by atoms with Gasteiger partial charge >= 0.3 is 0 Å². The highest BCUT2D eigenvalue weighted by Gasteiger charge is 2.27. The highest BCUT2D eigenvalue weighted by atomic mass is 16.5. The predicted octanol–water partition coefficient (Wildman–Crippen LogP) is 2.46. The Morgan fingerprint density at radius 2 is 2.14 bits per heavy atom. The van der Waals surface area contributed by atoms with E-state index in [0.29, 0.717) is 42.1 Å². The van der Waals surface area contributed by atoms with Gasteiger partial charge in [-0.25, -0.2) is 4.98 Å². The number of pyridine rings is 1. The first-order valence-electron chi connectivity index (χ1n) is 9.92. The van der Waals surface area contributed by atoms with E-state index in [1.54, 1.807) is 25.4 Å². The zero-order valence-electron chi connectivity index (χ0n) is 16.2. The summed E-state index contributed by atoms with van der Waals surface area (Å²) < 4.78 is 16.0. The Morgan fingerprint density at radius 3 is 2.89 bits per heavy atom. The summed E-state index contributed by atoms with van der Waals surface area (Å²) in [5.41, 5.74) is 0.584. The summed E-state index contributed by atoms with van der Waals surface area (Å²) in [5.74, 6) is 2.64. The number of amides is 1. The number of carbonyl (C=O) groups excluding carboxylic acids is 1. The van der Waals surface area contributed by atoms with Crippen LogP contribution in [0.4, 0.5) is 0 Å². The molecule has 1 atom stereocenters. The van der Waals surface area contributed by atoms with Gasteiger partial charge in [-0.05, 0) is 37.7 Å². The van der Waals surface area contributed by atoms with Crippen molar-refractivity contribution in [1.82, 2.24) is 20.0 Å². The van der Waals surface area contributed by atoms with Crippen LogP contribution in [0.2, 0.25) is 0 Å². The molecule has 0 aliphatic carbocycles. The van der Waals surface area contributed by atoms with E-state index in [1.165, 1.54) is 0 Å². The third kappa shape index (κ3) is 4.32. The van der Waals surface area contributed by atoms with Crippen molar-refractivity contribution >= 4 is 5.91 Å². The molecule has 2 fully saturated rings. The standard InChI is InChI=1S/C20H26N4O4/c1-26-17-5-4-16(12-21-17)20(25)24-8-2-3-14(13-24)11-18-22-19(23-28-18)15-6-9-27-10-7-15/h4-5,12,14-15H,2-3,6-11,13H2,1H3. The quantitative estimate of drug-likeness (QED) is 0.779. The number of ether oxygens (including phenoxy) is 2. The topological polar surface area (TPSA) is 90.6 Å². The van der Waals surface area contributed by atoms with Gasteiger partial charge in [0.25, 0.3) is 5.91 Å². The van der Waals surface area contributed by atoms with Crippen molar-refractivity contribution in [3.05, 3.63) is 35.6 Å². The summed E-state index contributed by atoms with van der Waals surface area (Å²) >= 11 is 0. The molecule has 1 amide bonds. The summed E-state index contributed by atoms with van der Waals surface area (Å²) in [4.78, 5) is 23.4. The molecule has 2 aliphatic rings. The van der Waals surface area contributed by atoms with Crippen LogP contribution in [0.1, 0.15) is 53.7 Å². The molecule has 0 aromatic carbocycles. The van der Waals surface area contributed by atoms with Crippen molar-refractivity contribution in [2.24, 2.45) is 5.92 Å². The Labute approximate surface area is 164 Å². The second kappa shape index (κ2) is 8.68. The van der Waals surface area contributed by atoms with Crippen LogP contribution in [0, 0.1) is 5.92 Å². The number of hydrogen-bond donors (Lipinski definition) is 0. The number of nitrogens with zero attached hydrogens (tertiary/aromatic N) is 4. The minimum absolute atomic E-state index is 0.00766. The van der Waals surface area contributed by atoms with Gasteiger partial charge in [-0.3, -0.25) is 4.79 Å². The van der Waals surface area contributed by atoms with Gasteiger partial charge in [-0.2, -0.15) is 4.98 Å². The molecule has 150 valence electrons. The van der Waals surface area contributed by atoms with Crippen molar-refractivity contribution in [3.8, 4) is 5.88 Å². The van der Waals surface area contributed by atoms with Gasteiger partial charge in [-0.15, -0.1) is 0 Å². The molecule has 2 aromatic heterocycles. The maximum absolute atomic E-state index is 12.8. The van der Waals surface area contributed by atoms with E-state index in [9.17, 15) is 4.79 Å². The highest BCUT2D eigenvalue weighted by molar-refractivity contribution is 5.94. The van der Waals surface area contributed by atoms with Crippen LogP contribution in [-0.2, 0) is 11.2 Å². The molecule has 1 unspecified atom stereocenters. The number of piperidine rings is 1. The summed E-state index contributed by atoms with van der Waals surface area (Å²) in [5, 5.41) is 4.18. The molecule has 2 aromatic rings. The molecule has 0 saturated carbocycles. The fraction of sp³-hybridized carbons (Fsp3) is 0.600. The fourth-order valence-corrected chi connectivity index (χ4v) is 3.95. The first kappa shape index (κ1) is 18.9. The molecule has 4 heterocycles. The maximum Gasteiger partial charge on any atom is 0.255 e. The summed E-state index contributed by atoms with van der Waals surface area (Å²) in [7, 11) is 1.56. The lowest BCUT2D eigenvalue weighted by Gasteiger charge is -2.32. The van der Waals surface area contributed by atoms with Gasteiger partial charge in [0.1, 0.15) is 0 Å². The van der Waals surface area contributed by atoms with Gasteiger partial charge in [0.05, 0.1) is 12.7 Å². The second-order valence-electron chi connectivity index (χ2n) is 7.49. The van der Waals surface area contributed by atoms with Gasteiger partial charge in [0.2, 0.25) is 11.8 Å². The molecule has 2 aliphatic heterocycles. The fourth-order valence-electron chi connectivity index (χ4n) is 3.95. The van der Waals surface area contributed by atoms with Crippen LogP contribution in [0.25, 0.3) is 0 Å². The first-order valence-corrected chi connectivity index (χ1v) is 9.92. The average Bonchev–Trinajstić information content (AvgIpc) is 3.22. The van der Waals surface area contributed by atoms with E-state index in [-0.39, 0.29) is 5.91 Å². The Bertz CT molecular complexity index is 786. The van der Waals surface area contributed by atoms with Crippen molar-refractivity contribution in [2.45, 2.75) is 38.0 Å². The largest absolute Gasteiger partial charge is 0.481 e. The molecular weight excluding hydrogens is 360 g/mol. The molecule has 0 N–H and O–H groups in total. The van der Waals surface area contributed by atoms with Crippen molar-refractivity contribution in [1.29, 1.82) is 0 Å². The van der Waals surface area contributed by atoms with Crippen molar-refractivity contribution in [2.75, 3.05) is 33.4 Å². The van der Waals surface area contributed by atoms with E-state index in [2.05, 4.69) is 15.1 Å². The average molecular weight is 386 g/mol. The third-order valence-corrected chi connectivity index (χ3v) is 5.53. The van der Waals surface area contributed by atoms with E-state index in [4.69, 9.17) is 14.0 Å². The van der Waals surface area contributed by atoms with E-state index in [1.807, 2.05) is 4.90 Å². The highest BCUT2D eigenvalue weighted by Crippen LogP contribution is 2.26. The number of methoxy groups -OCH3 is 1. The van der Waals surface area contributed by atoms with E-state index < -0.39 is 0 Å². The smallest absolute Gasteiger partial charge is 0.255 e. The third-order valence-electron chi connectivity index (χ3n) is 5.53. The number of likely N-dealkylation sites (tertiary alicyclic amines) is 1. The lowest BCUT2D eigenvalue weighted by molar-refractivity contribution is 0.0667. The normalized spacial score (nSPS) is 20.9. The number of hydrogen-bond acceptors (Lipinski definition) is 7. The lowest BCUT2D eigenvalue weighted by atomic mass is 9.94. The van der Waals surface area contributed by atoms with Crippen molar-refractivity contribution < 1.29 is 18.8 Å².